The van der Waals surface area contributed by atoms with Gasteiger partial charge in [-0.25, -0.2) is 0 Å². The van der Waals surface area contributed by atoms with Crippen LogP contribution in [0.3, 0.4) is 0 Å². The molecule has 0 amide bonds. The quantitative estimate of drug-likeness (QED) is 0.361. The molecule has 0 fully saturated rings. The molecule has 3 nitrogen and oxygen atoms in total. The highest BCUT2D eigenvalue weighted by molar-refractivity contribution is 7.54. The van der Waals surface area contributed by atoms with E-state index in [0.29, 0.717) is 0 Å². The zero-order chi connectivity index (χ0) is 14.9. The zero-order valence-corrected chi connectivity index (χ0v) is 15.3. The van der Waals surface area contributed by atoms with Gasteiger partial charge in [-0.05, 0) is 0 Å². The third kappa shape index (κ3) is 10.3. The maximum atomic E-state index is 12.4. The Bertz CT molecular complexity index is 265. The lowest BCUT2D eigenvalue weighted by Crippen LogP contribution is -2.18. The normalized spacial score (nSPS) is 19.7. The standard InChI is InChI=1S/C9H15Cl6O3P/c10-1-7(13)4-17-19(16,6-9(15)3-12)18-5-8(14)2-11/h7-9H,1-6H2. The molecule has 0 radical (unpaired) electrons. The first-order valence-electron chi connectivity index (χ1n) is 5.35. The average molecular weight is 415 g/mol. The van der Waals surface area contributed by atoms with Gasteiger partial charge in [0.05, 0.1) is 35.5 Å². The van der Waals surface area contributed by atoms with Gasteiger partial charge in [0.15, 0.2) is 0 Å². The van der Waals surface area contributed by atoms with Crippen LogP contribution in [0.5, 0.6) is 0 Å². The SMILES string of the molecule is O=P(CC(Cl)CCl)(OCC(Cl)CCl)OCC(Cl)CCl. The second-order valence-corrected chi connectivity index (χ2v) is 8.52. The van der Waals surface area contributed by atoms with Gasteiger partial charge in [0.1, 0.15) is 0 Å². The van der Waals surface area contributed by atoms with Crippen LogP contribution >= 0.6 is 77.2 Å². The van der Waals surface area contributed by atoms with Crippen molar-refractivity contribution in [2.24, 2.45) is 0 Å². The number of alkyl halides is 6. The molecule has 0 aromatic carbocycles. The summed E-state index contributed by atoms with van der Waals surface area (Å²) in [5.74, 6) is 0.459. The molecule has 0 heterocycles. The third-order valence-electron chi connectivity index (χ3n) is 1.83. The summed E-state index contributed by atoms with van der Waals surface area (Å²) in [6.45, 7) is -0.0237. The van der Waals surface area contributed by atoms with Crippen molar-refractivity contribution in [1.82, 2.24) is 0 Å². The Morgan fingerprint density at radius 1 is 0.789 bits per heavy atom. The molecule has 19 heavy (non-hydrogen) atoms. The molecular weight excluding hydrogens is 400 g/mol. The Balaban J connectivity index is 4.48. The Morgan fingerprint density at radius 3 is 1.47 bits per heavy atom. The van der Waals surface area contributed by atoms with Crippen molar-refractivity contribution < 1.29 is 13.6 Å². The molecule has 3 atom stereocenters. The first-order chi connectivity index (χ1) is 8.86. The minimum Gasteiger partial charge on any atom is -0.307 e. The van der Waals surface area contributed by atoms with Crippen LogP contribution in [-0.4, -0.2) is 53.1 Å². The summed E-state index contributed by atoms with van der Waals surface area (Å²) in [6, 6.07) is 0. The van der Waals surface area contributed by atoms with Gasteiger partial charge >= 0.3 is 7.60 Å². The summed E-state index contributed by atoms with van der Waals surface area (Å²) in [7, 11) is -3.43. The van der Waals surface area contributed by atoms with E-state index in [0.717, 1.165) is 0 Å². The van der Waals surface area contributed by atoms with Crippen molar-refractivity contribution >= 4 is 77.2 Å². The maximum Gasteiger partial charge on any atom is 0.332 e. The Hall–Kier alpha value is 1.89. The van der Waals surface area contributed by atoms with Gasteiger partial charge in [0.2, 0.25) is 0 Å². The monoisotopic (exact) mass is 412 g/mol. The van der Waals surface area contributed by atoms with Crippen LogP contribution < -0.4 is 0 Å². The highest BCUT2D eigenvalue weighted by Crippen LogP contribution is 2.50. The van der Waals surface area contributed by atoms with Crippen molar-refractivity contribution in [1.29, 1.82) is 0 Å². The Morgan fingerprint density at radius 2 is 1.16 bits per heavy atom. The van der Waals surface area contributed by atoms with E-state index in [1.54, 1.807) is 0 Å². The van der Waals surface area contributed by atoms with Gasteiger partial charge in [-0.1, -0.05) is 0 Å². The summed E-state index contributed by atoms with van der Waals surface area (Å²) < 4.78 is 22.9. The van der Waals surface area contributed by atoms with Crippen molar-refractivity contribution in [3.05, 3.63) is 0 Å². The minimum absolute atomic E-state index is 0.0118. The van der Waals surface area contributed by atoms with Crippen LogP contribution in [0.15, 0.2) is 0 Å². The first kappa shape index (κ1) is 20.9. The van der Waals surface area contributed by atoms with E-state index in [4.69, 9.17) is 78.7 Å². The zero-order valence-electron chi connectivity index (χ0n) is 9.91. The molecule has 0 saturated heterocycles. The fraction of sp³-hybridized carbons (Fsp3) is 1.00. The second kappa shape index (κ2) is 11.5. The smallest absolute Gasteiger partial charge is 0.307 e. The molecule has 0 aromatic heterocycles. The summed E-state index contributed by atoms with van der Waals surface area (Å²) in [5.41, 5.74) is 0. The van der Waals surface area contributed by atoms with Crippen LogP contribution in [0, 0.1) is 0 Å². The molecule has 3 unspecified atom stereocenters. The fourth-order valence-electron chi connectivity index (χ4n) is 0.912. The molecule has 0 N–H and O–H groups in total. The molecule has 10 heteroatoms. The molecule has 0 aliphatic carbocycles. The van der Waals surface area contributed by atoms with Gasteiger partial charge in [0, 0.05) is 17.6 Å². The molecule has 0 aliphatic heterocycles. The van der Waals surface area contributed by atoms with Crippen LogP contribution in [-0.2, 0) is 13.6 Å². The van der Waals surface area contributed by atoms with E-state index < -0.39 is 23.7 Å². The minimum atomic E-state index is -3.43. The van der Waals surface area contributed by atoms with E-state index >= 15 is 0 Å². The Labute approximate surface area is 143 Å². The van der Waals surface area contributed by atoms with Crippen LogP contribution in [0.25, 0.3) is 0 Å². The number of hydrogen-bond acceptors (Lipinski definition) is 3. The van der Waals surface area contributed by atoms with E-state index in [-0.39, 0.29) is 37.0 Å². The fourth-order valence-corrected chi connectivity index (χ4v) is 3.87. The molecule has 0 saturated carbocycles. The first-order valence-corrected chi connectivity index (χ1v) is 9.99. The lowest BCUT2D eigenvalue weighted by molar-refractivity contribution is 0.207. The van der Waals surface area contributed by atoms with Gasteiger partial charge in [0.25, 0.3) is 0 Å². The largest absolute Gasteiger partial charge is 0.332 e. The topological polar surface area (TPSA) is 35.5 Å². The Kier molecular flexibility index (Phi) is 12.6. The van der Waals surface area contributed by atoms with Gasteiger partial charge in [-0.3, -0.25) is 4.57 Å². The third-order valence-corrected chi connectivity index (χ3v) is 6.48. The summed E-state index contributed by atoms with van der Waals surface area (Å²) >= 11 is 34.1. The predicted molar refractivity (Wildman–Crippen MR) is 85.5 cm³/mol. The maximum absolute atomic E-state index is 12.4. The molecule has 0 bridgehead atoms. The van der Waals surface area contributed by atoms with Crippen LogP contribution in [0.2, 0.25) is 0 Å². The number of halogens is 6. The predicted octanol–water partition coefficient (Wildman–Crippen LogP) is 4.75. The summed E-state index contributed by atoms with van der Waals surface area (Å²) in [6.07, 6.45) is -0.0319. The second-order valence-electron chi connectivity index (χ2n) is 3.64. The molecule has 0 aliphatic rings. The van der Waals surface area contributed by atoms with Crippen molar-refractivity contribution in [2.75, 3.05) is 37.0 Å². The van der Waals surface area contributed by atoms with Crippen LogP contribution in [0.4, 0.5) is 0 Å². The number of rotatable bonds is 11. The average Bonchev–Trinajstić information content (AvgIpc) is 2.42. The van der Waals surface area contributed by atoms with Gasteiger partial charge in [-0.15, -0.1) is 69.6 Å². The highest BCUT2D eigenvalue weighted by Gasteiger charge is 2.30. The highest BCUT2D eigenvalue weighted by atomic mass is 35.5. The van der Waals surface area contributed by atoms with E-state index in [1.165, 1.54) is 0 Å². The number of hydrogen-bond donors (Lipinski definition) is 0. The lowest BCUT2D eigenvalue weighted by atomic mass is 10.5. The molecule has 0 rings (SSSR count). The van der Waals surface area contributed by atoms with Crippen LogP contribution in [0.1, 0.15) is 0 Å². The van der Waals surface area contributed by atoms with Crippen molar-refractivity contribution in [3.8, 4) is 0 Å². The van der Waals surface area contributed by atoms with Crippen molar-refractivity contribution in [3.63, 3.8) is 0 Å². The van der Waals surface area contributed by atoms with Gasteiger partial charge < -0.3 is 9.05 Å². The molecule has 0 aromatic rings. The lowest BCUT2D eigenvalue weighted by Gasteiger charge is -2.22. The van der Waals surface area contributed by atoms with E-state index in [9.17, 15) is 4.57 Å². The van der Waals surface area contributed by atoms with E-state index in [2.05, 4.69) is 0 Å². The molecule has 116 valence electrons. The molecule has 0 spiro atoms. The molecular formula is C9H15Cl6O3P. The van der Waals surface area contributed by atoms with Crippen molar-refractivity contribution in [2.45, 2.75) is 16.1 Å². The van der Waals surface area contributed by atoms with Gasteiger partial charge in [-0.2, -0.15) is 0 Å². The van der Waals surface area contributed by atoms with E-state index in [1.807, 2.05) is 0 Å². The summed E-state index contributed by atoms with van der Waals surface area (Å²) in [5, 5.41) is -1.48. The summed E-state index contributed by atoms with van der Waals surface area (Å²) in [4.78, 5) is 0.